The normalized spacial score (nSPS) is 15.0. The summed E-state index contributed by atoms with van der Waals surface area (Å²) >= 11 is 0. The van der Waals surface area contributed by atoms with Crippen molar-refractivity contribution >= 4 is 11.6 Å². The lowest BCUT2D eigenvalue weighted by Gasteiger charge is -2.14. The number of hydrogen-bond donors (Lipinski definition) is 0. The van der Waals surface area contributed by atoms with Gasteiger partial charge in [0, 0.05) is 31.8 Å². The minimum absolute atomic E-state index is 0.0503. The van der Waals surface area contributed by atoms with Gasteiger partial charge in [-0.15, -0.1) is 0 Å². The van der Waals surface area contributed by atoms with Gasteiger partial charge in [0.1, 0.15) is 5.65 Å². The summed E-state index contributed by atoms with van der Waals surface area (Å²) in [5, 5.41) is 4.03. The molecule has 0 atom stereocenters. The first kappa shape index (κ1) is 16.8. The lowest BCUT2D eigenvalue weighted by atomic mass is 10.1. The molecule has 3 aromatic rings. The van der Waals surface area contributed by atoms with Crippen LogP contribution in [0.3, 0.4) is 0 Å². The van der Waals surface area contributed by atoms with Gasteiger partial charge < -0.3 is 13.8 Å². The van der Waals surface area contributed by atoms with E-state index < -0.39 is 0 Å². The van der Waals surface area contributed by atoms with Crippen molar-refractivity contribution < 1.29 is 9.32 Å². The molecule has 3 heterocycles. The number of carbonyl (C=O) groups excluding carboxylic acids is 1. The van der Waals surface area contributed by atoms with Crippen molar-refractivity contribution in [2.75, 3.05) is 7.05 Å². The summed E-state index contributed by atoms with van der Waals surface area (Å²) in [5.74, 6) is 1.75. The molecular formula is C19H23N5O2. The van der Waals surface area contributed by atoms with Gasteiger partial charge in [-0.25, -0.2) is 4.98 Å². The summed E-state index contributed by atoms with van der Waals surface area (Å²) in [6.07, 6.45) is 9.64. The monoisotopic (exact) mass is 353 g/mol. The molecular weight excluding hydrogens is 330 g/mol. The molecule has 1 aliphatic rings. The Kier molecular flexibility index (Phi) is 4.69. The Hall–Kier alpha value is -2.70. The van der Waals surface area contributed by atoms with Crippen molar-refractivity contribution in [1.82, 2.24) is 24.4 Å². The first-order chi connectivity index (χ1) is 12.7. The maximum absolute atomic E-state index is 12.4. The molecule has 0 spiro atoms. The fourth-order valence-corrected chi connectivity index (χ4v) is 3.50. The van der Waals surface area contributed by atoms with Gasteiger partial charge in [-0.3, -0.25) is 4.79 Å². The molecule has 0 aromatic carbocycles. The highest BCUT2D eigenvalue weighted by molar-refractivity contribution is 5.76. The molecule has 0 bridgehead atoms. The van der Waals surface area contributed by atoms with Crippen LogP contribution in [0.1, 0.15) is 55.4 Å². The molecule has 7 nitrogen and oxygen atoms in total. The highest BCUT2D eigenvalue weighted by atomic mass is 16.5. The number of pyridine rings is 1. The summed E-state index contributed by atoms with van der Waals surface area (Å²) in [7, 11) is 1.78. The van der Waals surface area contributed by atoms with Crippen LogP contribution < -0.4 is 0 Å². The van der Waals surface area contributed by atoms with Crippen molar-refractivity contribution in [1.29, 1.82) is 0 Å². The second-order valence-electron chi connectivity index (χ2n) is 6.98. The molecule has 0 aliphatic heterocycles. The molecule has 4 rings (SSSR count). The SMILES string of the molecule is CN(Cc1noc(C2CCCC2)n1)C(=O)CCc1cn2ccccc2n1. The van der Waals surface area contributed by atoms with E-state index in [1.165, 1.54) is 12.8 Å². The minimum atomic E-state index is 0.0503. The van der Waals surface area contributed by atoms with E-state index in [4.69, 9.17) is 4.52 Å². The van der Waals surface area contributed by atoms with Crippen LogP contribution in [0.4, 0.5) is 0 Å². The maximum atomic E-state index is 12.4. The summed E-state index contributed by atoms with van der Waals surface area (Å²) < 4.78 is 7.35. The Morgan fingerprint density at radius 1 is 1.31 bits per heavy atom. The number of aryl methyl sites for hydroxylation is 1. The number of fused-ring (bicyclic) bond motifs is 1. The number of aromatic nitrogens is 4. The maximum Gasteiger partial charge on any atom is 0.229 e. The molecule has 7 heteroatoms. The second kappa shape index (κ2) is 7.27. The molecule has 0 unspecified atom stereocenters. The van der Waals surface area contributed by atoms with Crippen molar-refractivity contribution in [3.63, 3.8) is 0 Å². The van der Waals surface area contributed by atoms with Gasteiger partial charge in [0.2, 0.25) is 11.8 Å². The smallest absolute Gasteiger partial charge is 0.229 e. The van der Waals surface area contributed by atoms with Gasteiger partial charge >= 0.3 is 0 Å². The zero-order valence-corrected chi connectivity index (χ0v) is 15.0. The van der Waals surface area contributed by atoms with E-state index in [1.54, 1.807) is 11.9 Å². The van der Waals surface area contributed by atoms with Gasteiger partial charge in [-0.1, -0.05) is 24.1 Å². The van der Waals surface area contributed by atoms with Gasteiger partial charge in [-0.2, -0.15) is 4.98 Å². The number of carbonyl (C=O) groups is 1. The van der Waals surface area contributed by atoms with Crippen molar-refractivity contribution in [2.45, 2.75) is 51.0 Å². The van der Waals surface area contributed by atoms with Crippen LogP contribution in [0.5, 0.6) is 0 Å². The number of nitrogens with zero attached hydrogens (tertiary/aromatic N) is 5. The first-order valence-corrected chi connectivity index (χ1v) is 9.18. The summed E-state index contributed by atoms with van der Waals surface area (Å²) in [4.78, 5) is 23.1. The molecule has 26 heavy (non-hydrogen) atoms. The third-order valence-corrected chi connectivity index (χ3v) is 5.00. The van der Waals surface area contributed by atoms with Crippen LogP contribution in [0.2, 0.25) is 0 Å². The molecule has 136 valence electrons. The van der Waals surface area contributed by atoms with Crippen molar-refractivity contribution in [3.05, 3.63) is 48.0 Å². The van der Waals surface area contributed by atoms with E-state index in [9.17, 15) is 4.79 Å². The predicted octanol–water partition coefficient (Wildman–Crippen LogP) is 2.97. The molecule has 1 amide bonds. The van der Waals surface area contributed by atoms with Crippen LogP contribution in [-0.4, -0.2) is 37.4 Å². The van der Waals surface area contributed by atoms with Crippen LogP contribution in [-0.2, 0) is 17.8 Å². The number of rotatable bonds is 6. The van der Waals surface area contributed by atoms with E-state index >= 15 is 0 Å². The van der Waals surface area contributed by atoms with Crippen molar-refractivity contribution in [3.8, 4) is 0 Å². The Bertz CT molecular complexity index is 861. The average Bonchev–Trinajstić information content (AvgIpc) is 3.38. The standard InChI is InChI=1S/C19H23N5O2/c1-23(13-16-21-19(26-22-16)14-6-2-3-7-14)18(25)10-9-15-12-24-11-5-4-8-17(24)20-15/h4-5,8,11-12,14H,2-3,6-7,9-10,13H2,1H3. The molecule has 1 fully saturated rings. The van der Waals surface area contributed by atoms with Crippen LogP contribution >= 0.6 is 0 Å². The fraction of sp³-hybridized carbons (Fsp3) is 0.474. The van der Waals surface area contributed by atoms with Gasteiger partial charge in [0.25, 0.3) is 0 Å². The Morgan fingerprint density at radius 3 is 2.96 bits per heavy atom. The average molecular weight is 353 g/mol. The minimum Gasteiger partial charge on any atom is -0.339 e. The first-order valence-electron chi connectivity index (χ1n) is 9.18. The van der Waals surface area contributed by atoms with E-state index in [0.717, 1.165) is 30.1 Å². The second-order valence-corrected chi connectivity index (χ2v) is 6.98. The molecule has 3 aromatic heterocycles. The van der Waals surface area contributed by atoms with E-state index in [1.807, 2.05) is 35.0 Å². The van der Waals surface area contributed by atoms with Crippen molar-refractivity contribution in [2.24, 2.45) is 0 Å². The zero-order valence-electron chi connectivity index (χ0n) is 15.0. The fourth-order valence-electron chi connectivity index (χ4n) is 3.50. The quantitative estimate of drug-likeness (QED) is 0.681. The highest BCUT2D eigenvalue weighted by Crippen LogP contribution is 2.32. The van der Waals surface area contributed by atoms with E-state index in [2.05, 4.69) is 15.1 Å². The Labute approximate surface area is 152 Å². The van der Waals surface area contributed by atoms with Gasteiger partial charge in [0.05, 0.1) is 12.2 Å². The van der Waals surface area contributed by atoms with E-state index in [-0.39, 0.29) is 5.91 Å². The van der Waals surface area contributed by atoms with Crippen LogP contribution in [0, 0.1) is 0 Å². The van der Waals surface area contributed by atoms with Gasteiger partial charge in [-0.05, 0) is 31.4 Å². The lowest BCUT2D eigenvalue weighted by Crippen LogP contribution is -2.27. The summed E-state index contributed by atoms with van der Waals surface area (Å²) in [5.41, 5.74) is 1.82. The van der Waals surface area contributed by atoms with Gasteiger partial charge in [0.15, 0.2) is 5.82 Å². The largest absolute Gasteiger partial charge is 0.339 e. The van der Waals surface area contributed by atoms with Crippen LogP contribution in [0.15, 0.2) is 35.1 Å². The lowest BCUT2D eigenvalue weighted by molar-refractivity contribution is -0.130. The highest BCUT2D eigenvalue weighted by Gasteiger charge is 2.23. The molecule has 0 radical (unpaired) electrons. The topological polar surface area (TPSA) is 76.5 Å². The summed E-state index contributed by atoms with van der Waals surface area (Å²) in [6.45, 7) is 0.375. The molecule has 1 aliphatic carbocycles. The van der Waals surface area contributed by atoms with Crippen LogP contribution in [0.25, 0.3) is 5.65 Å². The molecule has 0 saturated heterocycles. The third-order valence-electron chi connectivity index (χ3n) is 5.00. The zero-order chi connectivity index (χ0) is 17.9. The number of hydrogen-bond acceptors (Lipinski definition) is 5. The molecule has 1 saturated carbocycles. The Morgan fingerprint density at radius 2 is 2.15 bits per heavy atom. The summed E-state index contributed by atoms with van der Waals surface area (Å²) in [6, 6.07) is 5.87. The third kappa shape index (κ3) is 3.61. The number of imidazole rings is 1. The number of amides is 1. The van der Waals surface area contributed by atoms with E-state index in [0.29, 0.717) is 31.1 Å². The molecule has 0 N–H and O–H groups in total. The Balaban J connectivity index is 1.31. The predicted molar refractivity (Wildman–Crippen MR) is 95.5 cm³/mol.